The number of hydrogen-bond acceptors (Lipinski definition) is 6. The van der Waals surface area contributed by atoms with E-state index in [0.29, 0.717) is 29.4 Å². The van der Waals surface area contributed by atoms with Crippen molar-refractivity contribution in [2.45, 2.75) is 13.3 Å². The van der Waals surface area contributed by atoms with Gasteiger partial charge in [0.15, 0.2) is 0 Å². The Morgan fingerprint density at radius 1 is 1.10 bits per heavy atom. The molecule has 2 amide bonds. The molecule has 0 saturated carbocycles. The number of carboxylic acids is 1. The minimum Gasteiger partial charge on any atom is -0.494 e. The number of thioether (sulfide) groups is 1. The molecule has 0 bridgehead atoms. The third-order valence-electron chi connectivity index (χ3n) is 3.98. The maximum Gasteiger partial charge on any atom is 0.306 e. The molecule has 0 aliphatic carbocycles. The summed E-state index contributed by atoms with van der Waals surface area (Å²) in [7, 11) is 0. The molecule has 1 aliphatic heterocycles. The second kappa shape index (κ2) is 9.29. The van der Waals surface area contributed by atoms with E-state index in [4.69, 9.17) is 14.6 Å². The maximum absolute atomic E-state index is 12.8. The van der Waals surface area contributed by atoms with Crippen LogP contribution in [0.15, 0.2) is 53.4 Å². The van der Waals surface area contributed by atoms with Crippen LogP contribution in [-0.2, 0) is 9.59 Å². The molecule has 1 fully saturated rings. The zero-order valence-corrected chi connectivity index (χ0v) is 16.5. The average molecular weight is 413 g/mol. The van der Waals surface area contributed by atoms with Crippen molar-refractivity contribution in [3.63, 3.8) is 0 Å². The van der Waals surface area contributed by atoms with Crippen molar-refractivity contribution >= 4 is 40.6 Å². The van der Waals surface area contributed by atoms with Gasteiger partial charge in [-0.15, -0.1) is 0 Å². The van der Waals surface area contributed by atoms with Crippen LogP contribution in [0.2, 0.25) is 0 Å². The van der Waals surface area contributed by atoms with Crippen molar-refractivity contribution in [1.82, 2.24) is 0 Å². The van der Waals surface area contributed by atoms with Crippen LogP contribution in [-0.4, -0.2) is 35.4 Å². The van der Waals surface area contributed by atoms with E-state index < -0.39 is 17.1 Å². The minimum atomic E-state index is -0.959. The van der Waals surface area contributed by atoms with Gasteiger partial charge in [-0.2, -0.15) is 0 Å². The molecular formula is C21H19NO6S. The summed E-state index contributed by atoms with van der Waals surface area (Å²) >= 11 is 0.841. The first-order valence-electron chi connectivity index (χ1n) is 8.94. The number of carboxylic acid groups (broad SMARTS) is 1. The lowest BCUT2D eigenvalue weighted by atomic mass is 10.2. The van der Waals surface area contributed by atoms with E-state index in [-0.39, 0.29) is 17.9 Å². The molecule has 1 N–H and O–H groups in total. The molecular weight excluding hydrogens is 394 g/mol. The van der Waals surface area contributed by atoms with E-state index in [0.717, 1.165) is 16.7 Å². The van der Waals surface area contributed by atoms with Crippen molar-refractivity contribution in [1.29, 1.82) is 0 Å². The van der Waals surface area contributed by atoms with Gasteiger partial charge < -0.3 is 14.6 Å². The molecule has 29 heavy (non-hydrogen) atoms. The second-order valence-corrected chi connectivity index (χ2v) is 6.97. The van der Waals surface area contributed by atoms with Crippen molar-refractivity contribution in [2.75, 3.05) is 18.1 Å². The molecule has 0 atom stereocenters. The summed E-state index contributed by atoms with van der Waals surface area (Å²) in [5, 5.41) is 8.35. The Bertz CT molecular complexity index is 954. The average Bonchev–Trinajstić information content (AvgIpc) is 2.97. The summed E-state index contributed by atoms with van der Waals surface area (Å²) in [6.45, 7) is 2.41. The van der Waals surface area contributed by atoms with Gasteiger partial charge in [-0.3, -0.25) is 14.4 Å². The van der Waals surface area contributed by atoms with Gasteiger partial charge in [-0.05, 0) is 55.1 Å². The van der Waals surface area contributed by atoms with Gasteiger partial charge in [-0.25, -0.2) is 4.90 Å². The molecule has 2 aromatic rings. The Balaban J connectivity index is 1.80. The molecule has 0 aromatic heterocycles. The fourth-order valence-electron chi connectivity index (χ4n) is 2.67. The quantitative estimate of drug-likeness (QED) is 0.649. The highest BCUT2D eigenvalue weighted by molar-refractivity contribution is 8.19. The number of carbonyl (C=O) groups excluding carboxylic acids is 2. The van der Waals surface area contributed by atoms with Crippen LogP contribution in [0.1, 0.15) is 18.9 Å². The number of anilines is 1. The second-order valence-electron chi connectivity index (χ2n) is 5.97. The first-order chi connectivity index (χ1) is 14.0. The molecule has 150 valence electrons. The topological polar surface area (TPSA) is 93.1 Å². The van der Waals surface area contributed by atoms with E-state index in [9.17, 15) is 14.4 Å². The van der Waals surface area contributed by atoms with E-state index >= 15 is 0 Å². The van der Waals surface area contributed by atoms with Gasteiger partial charge in [0.1, 0.15) is 11.5 Å². The van der Waals surface area contributed by atoms with Crippen molar-refractivity contribution in [2.24, 2.45) is 0 Å². The summed E-state index contributed by atoms with van der Waals surface area (Å²) in [5.74, 6) is -0.281. The summed E-state index contributed by atoms with van der Waals surface area (Å²) in [5.41, 5.74) is 1.06. The van der Waals surface area contributed by atoms with Crippen LogP contribution >= 0.6 is 11.8 Å². The number of amides is 2. The Labute approximate surface area is 171 Å². The largest absolute Gasteiger partial charge is 0.494 e. The SMILES string of the molecule is CCOc1ccc(N2C(=O)S/C(=C/c3ccccc3OCCC(=O)O)C2=O)cc1. The monoisotopic (exact) mass is 413 g/mol. The molecule has 7 nitrogen and oxygen atoms in total. The van der Waals surface area contributed by atoms with Crippen LogP contribution in [0.4, 0.5) is 10.5 Å². The lowest BCUT2D eigenvalue weighted by Gasteiger charge is -2.13. The zero-order valence-electron chi connectivity index (χ0n) is 15.7. The number of rotatable bonds is 8. The third-order valence-corrected chi connectivity index (χ3v) is 4.85. The zero-order chi connectivity index (χ0) is 20.8. The van der Waals surface area contributed by atoms with Gasteiger partial charge in [-0.1, -0.05) is 18.2 Å². The van der Waals surface area contributed by atoms with Gasteiger partial charge in [0.25, 0.3) is 11.1 Å². The number of ether oxygens (including phenoxy) is 2. The van der Waals surface area contributed by atoms with Crippen LogP contribution in [0.5, 0.6) is 11.5 Å². The van der Waals surface area contributed by atoms with E-state index in [1.54, 1.807) is 54.6 Å². The summed E-state index contributed by atoms with van der Waals surface area (Å²) in [6.07, 6.45) is 1.44. The highest BCUT2D eigenvalue weighted by Gasteiger charge is 2.36. The van der Waals surface area contributed by atoms with Gasteiger partial charge in [0, 0.05) is 5.56 Å². The van der Waals surface area contributed by atoms with Crippen molar-refractivity contribution in [3.8, 4) is 11.5 Å². The molecule has 1 heterocycles. The number of aliphatic carboxylic acids is 1. The maximum atomic E-state index is 12.8. The van der Waals surface area contributed by atoms with Crippen LogP contribution in [0, 0.1) is 0 Å². The Morgan fingerprint density at radius 3 is 2.52 bits per heavy atom. The number of para-hydroxylation sites is 1. The lowest BCUT2D eigenvalue weighted by molar-refractivity contribution is -0.137. The summed E-state index contributed by atoms with van der Waals surface area (Å²) < 4.78 is 10.9. The lowest BCUT2D eigenvalue weighted by Crippen LogP contribution is -2.27. The molecule has 0 unspecified atom stereocenters. The van der Waals surface area contributed by atoms with Gasteiger partial charge >= 0.3 is 5.97 Å². The Hall–Kier alpha value is -3.26. The molecule has 8 heteroatoms. The normalized spacial score (nSPS) is 15.1. The molecule has 3 rings (SSSR count). The first-order valence-corrected chi connectivity index (χ1v) is 9.75. The predicted octanol–water partition coefficient (Wildman–Crippen LogP) is 4.18. The first kappa shape index (κ1) is 20.5. The van der Waals surface area contributed by atoms with Crippen LogP contribution < -0.4 is 14.4 Å². The Kier molecular flexibility index (Phi) is 6.56. The minimum absolute atomic E-state index is 0.00778. The summed E-state index contributed by atoms with van der Waals surface area (Å²) in [6, 6.07) is 13.7. The summed E-state index contributed by atoms with van der Waals surface area (Å²) in [4.78, 5) is 37.3. The number of benzene rings is 2. The van der Waals surface area contributed by atoms with E-state index in [2.05, 4.69) is 0 Å². The van der Waals surface area contributed by atoms with Crippen molar-refractivity contribution < 1.29 is 29.0 Å². The highest BCUT2D eigenvalue weighted by atomic mass is 32.2. The Morgan fingerprint density at radius 2 is 1.83 bits per heavy atom. The molecule has 2 aromatic carbocycles. The van der Waals surface area contributed by atoms with E-state index in [1.165, 1.54) is 0 Å². The molecule has 1 aliphatic rings. The fourth-order valence-corrected chi connectivity index (χ4v) is 3.50. The smallest absolute Gasteiger partial charge is 0.306 e. The number of imide groups is 1. The number of carbonyl (C=O) groups is 3. The number of hydrogen-bond donors (Lipinski definition) is 1. The van der Waals surface area contributed by atoms with Crippen LogP contribution in [0.25, 0.3) is 6.08 Å². The van der Waals surface area contributed by atoms with Gasteiger partial charge in [0.2, 0.25) is 0 Å². The molecule has 0 spiro atoms. The molecule has 1 saturated heterocycles. The predicted molar refractivity (Wildman–Crippen MR) is 110 cm³/mol. The van der Waals surface area contributed by atoms with Gasteiger partial charge in [0.05, 0.1) is 30.2 Å². The number of nitrogens with zero attached hydrogens (tertiary/aromatic N) is 1. The molecule has 0 radical (unpaired) electrons. The van der Waals surface area contributed by atoms with Crippen molar-refractivity contribution in [3.05, 3.63) is 59.0 Å². The standard InChI is InChI=1S/C21H19NO6S/c1-2-27-16-9-7-15(8-10-16)22-20(25)18(29-21(22)26)13-14-5-3-4-6-17(14)28-12-11-19(23)24/h3-10,13H,2,11-12H2,1H3,(H,23,24)/b18-13+. The fraction of sp³-hybridized carbons (Fsp3) is 0.190. The van der Waals surface area contributed by atoms with Crippen LogP contribution in [0.3, 0.4) is 0 Å². The highest BCUT2D eigenvalue weighted by Crippen LogP contribution is 2.37. The van der Waals surface area contributed by atoms with E-state index in [1.807, 2.05) is 6.92 Å². The third kappa shape index (κ3) is 4.97.